The summed E-state index contributed by atoms with van der Waals surface area (Å²) >= 11 is 0. The summed E-state index contributed by atoms with van der Waals surface area (Å²) in [5.74, 6) is -0.396. The third-order valence-electron chi connectivity index (χ3n) is 11.2. The molecule has 11 heteroatoms. The summed E-state index contributed by atoms with van der Waals surface area (Å²) in [7, 11) is -4.60. The van der Waals surface area contributed by atoms with Gasteiger partial charge in [0.05, 0.1) is 36.4 Å². The van der Waals surface area contributed by atoms with Crippen molar-refractivity contribution in [3.05, 3.63) is 108 Å². The summed E-state index contributed by atoms with van der Waals surface area (Å²) in [4.78, 5) is 40.4. The molecule has 0 spiro atoms. The van der Waals surface area contributed by atoms with Crippen molar-refractivity contribution >= 4 is 25.5 Å². The molecule has 3 aromatic carbocycles. The van der Waals surface area contributed by atoms with E-state index in [1.165, 1.54) is 0 Å². The molecule has 0 aliphatic heterocycles. The second-order valence-corrected chi connectivity index (χ2v) is 18.3. The fraction of sp³-hybridized carbons (Fsp3) is 0.588. The number of hydrogen-bond donors (Lipinski definition) is 3. The van der Waals surface area contributed by atoms with Crippen LogP contribution >= 0.6 is 7.82 Å². The van der Waals surface area contributed by atoms with Crippen molar-refractivity contribution in [2.24, 2.45) is 0 Å². The van der Waals surface area contributed by atoms with E-state index in [0.717, 1.165) is 113 Å². The molecular weight excluding hydrogens is 798 g/mol. The first kappa shape index (κ1) is 52.5. The quantitative estimate of drug-likeness (QED) is 0.0410. The number of carbonyl (C=O) groups excluding carboxylic acids is 3. The van der Waals surface area contributed by atoms with E-state index in [9.17, 15) is 14.4 Å². The molecule has 3 amide bonds. The van der Waals surface area contributed by atoms with Crippen molar-refractivity contribution in [1.29, 1.82) is 0 Å². The topological polar surface area (TPSA) is 132 Å². The first-order valence-electron chi connectivity index (χ1n) is 23.7. The van der Waals surface area contributed by atoms with Gasteiger partial charge >= 0.3 is 7.82 Å². The normalized spacial score (nSPS) is 15.3. The second-order valence-electron chi connectivity index (χ2n) is 16.7. The zero-order valence-electron chi connectivity index (χ0n) is 38.7. The number of amides is 3. The molecule has 0 aliphatic carbocycles. The molecule has 62 heavy (non-hydrogen) atoms. The van der Waals surface area contributed by atoms with E-state index in [-0.39, 0.29) is 17.7 Å². The van der Waals surface area contributed by atoms with Gasteiger partial charge in [0, 0.05) is 19.3 Å². The van der Waals surface area contributed by atoms with Crippen LogP contribution in [0, 0.1) is 0 Å². The zero-order chi connectivity index (χ0) is 45.0. The second kappa shape index (κ2) is 30.3. The molecule has 6 atom stereocenters. The largest absolute Gasteiger partial charge is 0.475 e. The summed E-state index contributed by atoms with van der Waals surface area (Å²) in [6, 6.07) is 26.3. The maximum absolute atomic E-state index is 15.5. The van der Waals surface area contributed by atoms with Gasteiger partial charge in [0.1, 0.15) is 0 Å². The molecule has 6 unspecified atom stereocenters. The lowest BCUT2D eigenvalue weighted by atomic mass is 10.0. The van der Waals surface area contributed by atoms with Gasteiger partial charge in [-0.05, 0) is 56.7 Å². The number of unbranched alkanes of at least 4 members (excludes halogenated alkanes) is 12. The molecule has 0 bridgehead atoms. The van der Waals surface area contributed by atoms with Crippen LogP contribution < -0.4 is 16.0 Å². The molecular formula is C51H78N3O7P. The molecule has 3 N–H and O–H groups in total. The van der Waals surface area contributed by atoms with Gasteiger partial charge in [-0.15, -0.1) is 0 Å². The summed E-state index contributed by atoms with van der Waals surface area (Å²) in [6.07, 6.45) is 13.5. The maximum atomic E-state index is 15.5. The van der Waals surface area contributed by atoms with E-state index in [1.54, 1.807) is 20.8 Å². The highest BCUT2D eigenvalue weighted by Crippen LogP contribution is 2.56. The molecule has 0 heterocycles. The smallest absolute Gasteiger partial charge is 0.347 e. The predicted octanol–water partition coefficient (Wildman–Crippen LogP) is 13.0. The van der Waals surface area contributed by atoms with Crippen LogP contribution in [0.25, 0.3) is 0 Å². The summed E-state index contributed by atoms with van der Waals surface area (Å²) in [6.45, 7) is 11.7. The molecule has 0 saturated carbocycles. The van der Waals surface area contributed by atoms with Crippen LogP contribution in [-0.2, 0) is 32.5 Å². The van der Waals surface area contributed by atoms with Crippen molar-refractivity contribution in [2.75, 3.05) is 0 Å². The first-order chi connectivity index (χ1) is 30.0. The Balaban J connectivity index is 1.98. The summed E-state index contributed by atoms with van der Waals surface area (Å²) < 4.78 is 35.1. The van der Waals surface area contributed by atoms with E-state index in [1.807, 2.05) is 91.0 Å². The Morgan fingerprint density at radius 2 is 0.661 bits per heavy atom. The van der Waals surface area contributed by atoms with Crippen LogP contribution in [0.3, 0.4) is 0 Å². The highest BCUT2D eigenvalue weighted by Gasteiger charge is 2.41. The molecule has 3 aromatic rings. The van der Waals surface area contributed by atoms with E-state index in [2.05, 4.69) is 36.7 Å². The lowest BCUT2D eigenvalue weighted by Gasteiger charge is -2.34. The van der Waals surface area contributed by atoms with Gasteiger partial charge in [-0.2, -0.15) is 0 Å². The van der Waals surface area contributed by atoms with Gasteiger partial charge in [-0.3, -0.25) is 28.0 Å². The van der Waals surface area contributed by atoms with Crippen molar-refractivity contribution in [2.45, 2.75) is 194 Å². The number of nitrogens with one attached hydrogen (secondary N) is 3. The van der Waals surface area contributed by atoms with Gasteiger partial charge < -0.3 is 16.0 Å². The maximum Gasteiger partial charge on any atom is 0.475 e. The lowest BCUT2D eigenvalue weighted by molar-refractivity contribution is -0.123. The summed E-state index contributed by atoms with van der Waals surface area (Å²) in [5.41, 5.74) is 2.32. The van der Waals surface area contributed by atoms with Crippen LogP contribution in [-0.4, -0.2) is 36.0 Å². The molecule has 0 radical (unpaired) electrons. The minimum atomic E-state index is -4.60. The van der Waals surface area contributed by atoms with Crippen LogP contribution in [0.4, 0.5) is 0 Å². The number of phosphoric ester groups is 1. The van der Waals surface area contributed by atoms with Crippen molar-refractivity contribution < 1.29 is 32.5 Å². The monoisotopic (exact) mass is 876 g/mol. The third kappa shape index (κ3) is 20.1. The Hall–Kier alpha value is -3.82. The first-order valence-corrected chi connectivity index (χ1v) is 25.1. The molecule has 3 rings (SSSR count). The Morgan fingerprint density at radius 1 is 0.419 bits per heavy atom. The highest BCUT2D eigenvalue weighted by atomic mass is 31.2. The Labute approximate surface area is 374 Å². The van der Waals surface area contributed by atoms with Gasteiger partial charge in [0.25, 0.3) is 0 Å². The van der Waals surface area contributed by atoms with Crippen LogP contribution in [0.1, 0.15) is 192 Å². The Kier molecular flexibility index (Phi) is 25.7. The zero-order valence-corrected chi connectivity index (χ0v) is 39.6. The molecule has 344 valence electrons. The van der Waals surface area contributed by atoms with Gasteiger partial charge in [-0.25, -0.2) is 4.57 Å². The predicted molar refractivity (Wildman–Crippen MR) is 251 cm³/mol. The van der Waals surface area contributed by atoms with E-state index in [0.29, 0.717) is 19.3 Å². The highest BCUT2D eigenvalue weighted by molar-refractivity contribution is 7.48. The van der Waals surface area contributed by atoms with Crippen molar-refractivity contribution in [3.8, 4) is 0 Å². The average molecular weight is 876 g/mol. The van der Waals surface area contributed by atoms with Crippen LogP contribution in [0.5, 0.6) is 0 Å². The van der Waals surface area contributed by atoms with E-state index >= 15 is 4.57 Å². The number of carbonyl (C=O) groups is 3. The Morgan fingerprint density at radius 3 is 0.903 bits per heavy atom. The summed E-state index contributed by atoms with van der Waals surface area (Å²) in [5, 5.41) is 9.47. The SMILES string of the molecule is CCCCCCCC(=O)NC(c1ccccc1)C(C)OP(=O)(OC(C)C(NC(=O)CCCCCCC)c1ccccc1)OC(C)C(NC(=O)CCCCCCC)c1ccccc1. The van der Waals surface area contributed by atoms with Crippen molar-refractivity contribution in [1.82, 2.24) is 16.0 Å². The molecule has 0 aliphatic rings. The number of hydrogen-bond acceptors (Lipinski definition) is 7. The minimum absolute atomic E-state index is 0.132. The van der Waals surface area contributed by atoms with Gasteiger partial charge in [0.15, 0.2) is 0 Å². The molecule has 10 nitrogen and oxygen atoms in total. The van der Waals surface area contributed by atoms with E-state index < -0.39 is 44.3 Å². The average Bonchev–Trinajstić information content (AvgIpc) is 3.27. The Bertz CT molecular complexity index is 1520. The number of phosphoric acid groups is 1. The van der Waals surface area contributed by atoms with Crippen molar-refractivity contribution in [3.63, 3.8) is 0 Å². The van der Waals surface area contributed by atoms with Crippen LogP contribution in [0.15, 0.2) is 91.0 Å². The minimum Gasteiger partial charge on any atom is -0.347 e. The standard InChI is InChI=1S/C51H78N3O7P/c1-7-10-13-16-28-37-46(55)52-49(43-31-22-19-23-32-43)40(4)59-62(58,60-41(5)50(44-33-24-20-25-34-44)53-47(56)38-29-17-14-11-8-2)61-42(6)51(45-35-26-21-27-36-45)54-48(57)39-30-18-15-12-9-3/h19-27,31-36,40-42,49-51H,7-18,28-30,37-39H2,1-6H3,(H,52,55)(H,53,56)(H,54,57). The molecule has 0 aromatic heterocycles. The van der Waals surface area contributed by atoms with E-state index in [4.69, 9.17) is 13.6 Å². The number of benzene rings is 3. The van der Waals surface area contributed by atoms with Crippen LogP contribution in [0.2, 0.25) is 0 Å². The fourth-order valence-corrected chi connectivity index (χ4v) is 9.40. The number of rotatable bonds is 33. The molecule has 0 saturated heterocycles. The third-order valence-corrected chi connectivity index (χ3v) is 13.0. The van der Waals surface area contributed by atoms with Gasteiger partial charge in [0.2, 0.25) is 17.7 Å². The van der Waals surface area contributed by atoms with Gasteiger partial charge in [-0.1, -0.05) is 189 Å². The molecule has 0 fully saturated rings. The fourth-order valence-electron chi connectivity index (χ4n) is 7.67. The lowest BCUT2D eigenvalue weighted by Crippen LogP contribution is -2.39.